The van der Waals surface area contributed by atoms with Crippen LogP contribution in [0.1, 0.15) is 79.3 Å². The number of allylic oxidation sites excluding steroid dienone is 1. The molecule has 0 saturated carbocycles. The molecule has 0 nitrogen and oxygen atoms in total. The predicted molar refractivity (Wildman–Crippen MR) is 122 cm³/mol. The van der Waals surface area contributed by atoms with Crippen LogP contribution in [0.15, 0.2) is 42.0 Å². The van der Waals surface area contributed by atoms with E-state index in [1.54, 1.807) is 0 Å². The molecule has 0 amide bonds. The van der Waals surface area contributed by atoms with Crippen LogP contribution in [0.2, 0.25) is 0 Å². The Kier molecular flexibility index (Phi) is 7.68. The minimum absolute atomic E-state index is 0.288. The second kappa shape index (κ2) is 9.63. The van der Waals surface area contributed by atoms with Gasteiger partial charge in [0.05, 0.1) is 0 Å². The number of benzene rings is 2. The molecule has 28 heavy (non-hydrogen) atoms. The summed E-state index contributed by atoms with van der Waals surface area (Å²) in [6, 6.07) is 13.6. The second-order valence-electron chi connectivity index (χ2n) is 8.27. The van der Waals surface area contributed by atoms with Crippen molar-refractivity contribution in [2.45, 2.75) is 63.4 Å². The summed E-state index contributed by atoms with van der Waals surface area (Å²) in [5.74, 6) is 1.01. The Hall–Kier alpha value is -0.357. The van der Waals surface area contributed by atoms with Crippen LogP contribution < -0.4 is 0 Å². The number of halogens is 2. The van der Waals surface area contributed by atoms with Gasteiger partial charge in [-0.1, -0.05) is 0 Å². The van der Waals surface area contributed by atoms with Crippen molar-refractivity contribution in [1.82, 2.24) is 0 Å². The van der Waals surface area contributed by atoms with Crippen molar-refractivity contribution in [1.29, 1.82) is 0 Å². The van der Waals surface area contributed by atoms with Gasteiger partial charge >= 0.3 is 187 Å². The van der Waals surface area contributed by atoms with Crippen molar-refractivity contribution in [3.8, 4) is 11.1 Å². The molecule has 1 aliphatic carbocycles. The number of hydrogen-bond acceptors (Lipinski definition) is 0. The van der Waals surface area contributed by atoms with Gasteiger partial charge in [0.25, 0.3) is 0 Å². The van der Waals surface area contributed by atoms with Crippen molar-refractivity contribution in [3.63, 3.8) is 0 Å². The molecule has 0 aromatic heterocycles. The SMILES string of the molecule is CCCc1ccc2c(c1-c1ccccc1C(C)C)C=C(C(C)CC)[CH]2[Zr]([Cl])[Cl]. The van der Waals surface area contributed by atoms with E-state index in [1.165, 1.54) is 39.0 Å². The number of hydrogen-bond donors (Lipinski definition) is 0. The van der Waals surface area contributed by atoms with Gasteiger partial charge in [-0.3, -0.25) is 0 Å². The van der Waals surface area contributed by atoms with Gasteiger partial charge in [0.15, 0.2) is 0 Å². The van der Waals surface area contributed by atoms with Gasteiger partial charge in [0.2, 0.25) is 0 Å². The average molecular weight is 494 g/mol. The molecule has 0 fully saturated rings. The first-order valence-electron chi connectivity index (χ1n) is 10.5. The van der Waals surface area contributed by atoms with Gasteiger partial charge in [-0.05, 0) is 0 Å². The van der Waals surface area contributed by atoms with E-state index in [1.807, 2.05) is 0 Å². The van der Waals surface area contributed by atoms with E-state index in [9.17, 15) is 0 Å². The third-order valence-electron chi connectivity index (χ3n) is 6.09. The van der Waals surface area contributed by atoms with Crippen LogP contribution in [-0.4, -0.2) is 0 Å². The zero-order valence-electron chi connectivity index (χ0n) is 17.7. The Morgan fingerprint density at radius 3 is 2.32 bits per heavy atom. The maximum absolute atomic E-state index is 6.71. The van der Waals surface area contributed by atoms with Crippen LogP contribution in [-0.2, 0) is 25.8 Å². The minimum atomic E-state index is -2.50. The molecule has 2 atom stereocenters. The van der Waals surface area contributed by atoms with E-state index in [2.05, 4.69) is 77.1 Å². The first-order valence-corrected chi connectivity index (χ1v) is 18.3. The van der Waals surface area contributed by atoms with Gasteiger partial charge in [-0.2, -0.15) is 0 Å². The first kappa shape index (κ1) is 22.3. The van der Waals surface area contributed by atoms with Crippen LogP contribution in [0, 0.1) is 5.92 Å². The summed E-state index contributed by atoms with van der Waals surface area (Å²) in [5.41, 5.74) is 9.91. The standard InChI is InChI=1S/C25H31.2ClH.Zr/c1-6-10-19-13-14-20-15-21(18(5)7-2)16-24(20)25(19)23-12-9-8-11-22(23)17(3)4;;;/h8-9,11-18H,6-7,10H2,1-5H3;2*1H;/q;;;+2/p-2. The summed E-state index contributed by atoms with van der Waals surface area (Å²) < 4.78 is 0.288. The molecule has 149 valence electrons. The van der Waals surface area contributed by atoms with Gasteiger partial charge in [-0.25, -0.2) is 0 Å². The molecule has 3 rings (SSSR count). The Morgan fingerprint density at radius 1 is 1.00 bits per heavy atom. The third kappa shape index (κ3) is 4.23. The van der Waals surface area contributed by atoms with Crippen molar-refractivity contribution in [3.05, 3.63) is 64.2 Å². The van der Waals surface area contributed by atoms with Crippen LogP contribution >= 0.6 is 17.0 Å². The number of rotatable bonds is 7. The topological polar surface area (TPSA) is 0 Å². The number of fused-ring (bicyclic) bond motifs is 1. The zero-order valence-corrected chi connectivity index (χ0v) is 21.6. The molecule has 2 aromatic rings. The third-order valence-corrected chi connectivity index (χ3v) is 11.3. The fourth-order valence-electron chi connectivity index (χ4n) is 4.45. The van der Waals surface area contributed by atoms with Crippen molar-refractivity contribution in [2.24, 2.45) is 5.92 Å². The normalized spacial score (nSPS) is 16.9. The van der Waals surface area contributed by atoms with E-state index in [0.717, 1.165) is 19.3 Å². The molecule has 0 heterocycles. The van der Waals surface area contributed by atoms with E-state index >= 15 is 0 Å². The molecular weight excluding hydrogens is 462 g/mol. The Labute approximate surface area is 186 Å². The molecule has 0 bridgehead atoms. The molecule has 0 radical (unpaired) electrons. The summed E-state index contributed by atoms with van der Waals surface area (Å²) in [6.07, 6.45) is 5.82. The zero-order chi connectivity index (χ0) is 20.4. The summed E-state index contributed by atoms with van der Waals surface area (Å²) in [6.45, 7) is 11.4. The summed E-state index contributed by atoms with van der Waals surface area (Å²) >= 11 is -2.50. The molecule has 0 N–H and O–H groups in total. The molecule has 2 unspecified atom stereocenters. The van der Waals surface area contributed by atoms with E-state index in [0.29, 0.717) is 11.8 Å². The molecule has 0 aliphatic heterocycles. The predicted octanol–water partition coefficient (Wildman–Crippen LogP) is 8.84. The quantitative estimate of drug-likeness (QED) is 0.361. The van der Waals surface area contributed by atoms with Crippen LogP contribution in [0.3, 0.4) is 0 Å². The van der Waals surface area contributed by atoms with Crippen molar-refractivity contribution >= 4 is 23.1 Å². The van der Waals surface area contributed by atoms with Crippen molar-refractivity contribution in [2.75, 3.05) is 0 Å². The van der Waals surface area contributed by atoms with Gasteiger partial charge in [0, 0.05) is 0 Å². The Morgan fingerprint density at radius 2 is 1.71 bits per heavy atom. The van der Waals surface area contributed by atoms with Crippen molar-refractivity contribution < 1.29 is 19.4 Å². The molecule has 1 aliphatic rings. The van der Waals surface area contributed by atoms with Crippen LogP contribution in [0.5, 0.6) is 0 Å². The number of aryl methyl sites for hydroxylation is 1. The van der Waals surface area contributed by atoms with Gasteiger partial charge in [0.1, 0.15) is 0 Å². The fourth-order valence-corrected chi connectivity index (χ4v) is 10.0. The van der Waals surface area contributed by atoms with E-state index in [4.69, 9.17) is 17.0 Å². The fraction of sp³-hybridized carbons (Fsp3) is 0.440. The first-order chi connectivity index (χ1) is 13.4. The van der Waals surface area contributed by atoms with E-state index in [-0.39, 0.29) is 3.63 Å². The van der Waals surface area contributed by atoms with Gasteiger partial charge < -0.3 is 0 Å². The summed E-state index contributed by atoms with van der Waals surface area (Å²) in [5, 5.41) is 0. The maximum atomic E-state index is 6.71. The van der Waals surface area contributed by atoms with E-state index < -0.39 is 19.4 Å². The van der Waals surface area contributed by atoms with Crippen LogP contribution in [0.25, 0.3) is 17.2 Å². The van der Waals surface area contributed by atoms with Crippen LogP contribution in [0.4, 0.5) is 0 Å². The molecular formula is C25H31Cl2Zr. The Bertz CT molecular complexity index is 867. The van der Waals surface area contributed by atoms with Gasteiger partial charge in [-0.15, -0.1) is 0 Å². The summed E-state index contributed by atoms with van der Waals surface area (Å²) in [4.78, 5) is 0. The molecule has 0 saturated heterocycles. The Balaban J connectivity index is 2.31. The second-order valence-corrected chi connectivity index (χ2v) is 17.1. The molecule has 3 heteroatoms. The monoisotopic (exact) mass is 491 g/mol. The summed E-state index contributed by atoms with van der Waals surface area (Å²) in [7, 11) is 13.4. The molecule has 2 aromatic carbocycles. The average Bonchev–Trinajstić information content (AvgIpc) is 3.07. The molecule has 0 spiro atoms.